The van der Waals surface area contributed by atoms with Gasteiger partial charge >= 0.3 is 0 Å². The average molecular weight is 385 g/mol. The Morgan fingerprint density at radius 2 is 1.31 bits per heavy atom. The largest absolute Gasteiger partial charge is 0.490 e. The molecule has 0 bridgehead atoms. The van der Waals surface area contributed by atoms with Crippen LogP contribution in [0.25, 0.3) is 6.08 Å². The third-order valence-corrected chi connectivity index (χ3v) is 4.56. The number of ether oxygens (including phenoxy) is 1. The standard InChI is InChI=1S/C9H4BrCl5O/c1-16-4(10)2-3-5(11)7(13)9(15)8(14)6(3)12/h2H,1H3/b4-2-. The van der Waals surface area contributed by atoms with Crippen molar-refractivity contribution >= 4 is 80.0 Å². The van der Waals surface area contributed by atoms with Crippen molar-refractivity contribution in [2.24, 2.45) is 0 Å². The summed E-state index contributed by atoms with van der Waals surface area (Å²) in [5, 5.41) is 0.870. The van der Waals surface area contributed by atoms with E-state index in [2.05, 4.69) is 15.9 Å². The molecule has 16 heavy (non-hydrogen) atoms. The molecule has 0 N–H and O–H groups in total. The molecule has 0 heterocycles. The van der Waals surface area contributed by atoms with Gasteiger partial charge in [0.15, 0.2) is 4.67 Å². The second-order valence-corrected chi connectivity index (χ2v) is 5.31. The molecule has 0 spiro atoms. The van der Waals surface area contributed by atoms with Gasteiger partial charge in [-0.15, -0.1) is 0 Å². The highest BCUT2D eigenvalue weighted by Gasteiger charge is 2.18. The lowest BCUT2D eigenvalue weighted by Crippen LogP contribution is -1.86. The maximum absolute atomic E-state index is 6.00. The normalized spacial score (nSPS) is 11.8. The predicted molar refractivity (Wildman–Crippen MR) is 75.4 cm³/mol. The molecule has 0 fully saturated rings. The van der Waals surface area contributed by atoms with Gasteiger partial charge in [-0.25, -0.2) is 0 Å². The van der Waals surface area contributed by atoms with Gasteiger partial charge in [0.1, 0.15) is 0 Å². The number of rotatable bonds is 2. The van der Waals surface area contributed by atoms with Crippen LogP contribution in [0.15, 0.2) is 4.67 Å². The molecule has 7 heteroatoms. The molecule has 0 saturated heterocycles. The summed E-state index contributed by atoms with van der Waals surface area (Å²) in [4.78, 5) is 0. The first-order valence-corrected chi connectivity index (χ1v) is 6.51. The molecule has 1 nitrogen and oxygen atoms in total. The number of hydrogen-bond acceptors (Lipinski definition) is 1. The van der Waals surface area contributed by atoms with Crippen molar-refractivity contribution in [3.8, 4) is 0 Å². The zero-order chi connectivity index (χ0) is 12.5. The van der Waals surface area contributed by atoms with Crippen LogP contribution in [0.2, 0.25) is 25.1 Å². The molecular formula is C9H4BrCl5O. The van der Waals surface area contributed by atoms with Gasteiger partial charge in [-0.1, -0.05) is 58.0 Å². The Labute approximate surface area is 126 Å². The summed E-state index contributed by atoms with van der Waals surface area (Å²) in [6.45, 7) is 0. The Hall–Kier alpha value is 0.690. The zero-order valence-electron chi connectivity index (χ0n) is 7.75. The summed E-state index contributed by atoms with van der Waals surface area (Å²) in [5.74, 6) is 0. The molecule has 1 aromatic carbocycles. The highest BCUT2D eigenvalue weighted by atomic mass is 79.9. The van der Waals surface area contributed by atoms with Crippen LogP contribution in [-0.4, -0.2) is 7.11 Å². The fourth-order valence-electron chi connectivity index (χ4n) is 0.921. The van der Waals surface area contributed by atoms with Crippen LogP contribution in [0, 0.1) is 0 Å². The van der Waals surface area contributed by atoms with Crippen LogP contribution in [-0.2, 0) is 4.74 Å². The smallest absolute Gasteiger partial charge is 0.162 e. The van der Waals surface area contributed by atoms with Crippen molar-refractivity contribution in [2.75, 3.05) is 7.11 Å². The monoisotopic (exact) mass is 382 g/mol. The predicted octanol–water partition coefficient (Wildman–Crippen LogP) is 6.29. The summed E-state index contributed by atoms with van der Waals surface area (Å²) < 4.78 is 5.35. The molecule has 0 saturated carbocycles. The second kappa shape index (κ2) is 6.03. The molecule has 1 aromatic rings. The van der Waals surface area contributed by atoms with E-state index in [4.69, 9.17) is 62.7 Å². The van der Waals surface area contributed by atoms with Gasteiger partial charge in [0.25, 0.3) is 0 Å². The van der Waals surface area contributed by atoms with Crippen LogP contribution in [0.4, 0.5) is 0 Å². The van der Waals surface area contributed by atoms with E-state index in [0.717, 1.165) is 0 Å². The van der Waals surface area contributed by atoms with Gasteiger partial charge in [-0.05, 0) is 22.0 Å². The van der Waals surface area contributed by atoms with Crippen molar-refractivity contribution in [1.82, 2.24) is 0 Å². The zero-order valence-corrected chi connectivity index (χ0v) is 13.1. The Morgan fingerprint density at radius 1 is 0.938 bits per heavy atom. The van der Waals surface area contributed by atoms with E-state index in [-0.39, 0.29) is 25.1 Å². The summed E-state index contributed by atoms with van der Waals surface area (Å²) >= 11 is 32.8. The van der Waals surface area contributed by atoms with E-state index in [1.807, 2.05) is 0 Å². The summed E-state index contributed by atoms with van der Waals surface area (Å²) in [5.41, 5.74) is 0.441. The van der Waals surface area contributed by atoms with E-state index >= 15 is 0 Å². The van der Waals surface area contributed by atoms with Crippen LogP contribution in [0.5, 0.6) is 0 Å². The lowest BCUT2D eigenvalue weighted by molar-refractivity contribution is 0.331. The van der Waals surface area contributed by atoms with E-state index in [9.17, 15) is 0 Å². The quantitative estimate of drug-likeness (QED) is 0.330. The third-order valence-electron chi connectivity index (χ3n) is 1.70. The second-order valence-electron chi connectivity index (χ2n) is 2.64. The lowest BCUT2D eigenvalue weighted by Gasteiger charge is -2.09. The van der Waals surface area contributed by atoms with E-state index < -0.39 is 0 Å². The number of hydrogen-bond donors (Lipinski definition) is 0. The number of methoxy groups -OCH3 is 1. The maximum Gasteiger partial charge on any atom is 0.162 e. The minimum Gasteiger partial charge on any atom is -0.490 e. The Morgan fingerprint density at radius 3 is 1.69 bits per heavy atom. The van der Waals surface area contributed by atoms with Crippen LogP contribution < -0.4 is 0 Å². The lowest BCUT2D eigenvalue weighted by atomic mass is 10.2. The summed E-state index contributed by atoms with van der Waals surface area (Å²) in [6.07, 6.45) is 1.55. The van der Waals surface area contributed by atoms with Gasteiger partial charge in [0, 0.05) is 5.56 Å². The highest BCUT2D eigenvalue weighted by Crippen LogP contribution is 2.44. The molecule has 0 unspecified atom stereocenters. The first-order chi connectivity index (χ1) is 7.40. The highest BCUT2D eigenvalue weighted by molar-refractivity contribution is 9.11. The van der Waals surface area contributed by atoms with Crippen LogP contribution >= 0.6 is 73.9 Å². The van der Waals surface area contributed by atoms with Gasteiger partial charge in [0.2, 0.25) is 0 Å². The summed E-state index contributed by atoms with van der Waals surface area (Å²) in [7, 11) is 1.49. The minimum absolute atomic E-state index is 0.129. The molecule has 0 aliphatic carbocycles. The number of halogens is 6. The average Bonchev–Trinajstić information content (AvgIpc) is 2.29. The Balaban J connectivity index is 3.52. The molecule has 0 aliphatic heterocycles. The molecule has 0 amide bonds. The van der Waals surface area contributed by atoms with Crippen LogP contribution in [0.3, 0.4) is 0 Å². The van der Waals surface area contributed by atoms with Crippen LogP contribution in [0.1, 0.15) is 5.56 Å². The topological polar surface area (TPSA) is 9.23 Å². The fraction of sp³-hybridized carbons (Fsp3) is 0.111. The van der Waals surface area contributed by atoms with E-state index in [1.54, 1.807) is 6.08 Å². The first kappa shape index (κ1) is 14.7. The maximum atomic E-state index is 6.00. The van der Waals surface area contributed by atoms with Crippen molar-refractivity contribution < 1.29 is 4.74 Å². The van der Waals surface area contributed by atoms with Gasteiger partial charge in [0.05, 0.1) is 32.2 Å². The molecule has 88 valence electrons. The Bertz CT molecular complexity index is 429. The van der Waals surface area contributed by atoms with Gasteiger partial charge in [-0.2, -0.15) is 0 Å². The molecule has 0 radical (unpaired) electrons. The number of benzene rings is 1. The van der Waals surface area contributed by atoms with Crippen molar-refractivity contribution in [3.63, 3.8) is 0 Å². The van der Waals surface area contributed by atoms with Crippen molar-refractivity contribution in [3.05, 3.63) is 35.3 Å². The molecule has 0 aromatic heterocycles. The summed E-state index contributed by atoms with van der Waals surface area (Å²) in [6, 6.07) is 0. The SMILES string of the molecule is CO/C(Br)=C\c1c(Cl)c(Cl)c(Cl)c(Cl)c1Cl. The molecule has 0 aliphatic rings. The molecule has 1 rings (SSSR count). The molecule has 0 atom stereocenters. The van der Waals surface area contributed by atoms with E-state index in [0.29, 0.717) is 10.2 Å². The van der Waals surface area contributed by atoms with Gasteiger partial charge in [-0.3, -0.25) is 0 Å². The van der Waals surface area contributed by atoms with Crippen molar-refractivity contribution in [2.45, 2.75) is 0 Å². The Kier molecular flexibility index (Phi) is 5.56. The fourth-order valence-corrected chi connectivity index (χ4v) is 2.41. The van der Waals surface area contributed by atoms with Gasteiger partial charge < -0.3 is 4.74 Å². The third kappa shape index (κ3) is 2.92. The minimum atomic E-state index is 0.129. The van der Waals surface area contributed by atoms with E-state index in [1.165, 1.54) is 7.11 Å². The first-order valence-electron chi connectivity index (χ1n) is 3.82. The molecular weight excluding hydrogens is 381 g/mol. The van der Waals surface area contributed by atoms with Crippen molar-refractivity contribution in [1.29, 1.82) is 0 Å².